The quantitative estimate of drug-likeness (QED) is 0.839. The number of hydrogen-bond acceptors (Lipinski definition) is 4. The average molecular weight is 221 g/mol. The van der Waals surface area contributed by atoms with Crippen molar-refractivity contribution in [3.05, 3.63) is 18.1 Å². The van der Waals surface area contributed by atoms with E-state index in [1.807, 2.05) is 0 Å². The molecular weight excluding hydrogens is 202 g/mol. The zero-order valence-corrected chi connectivity index (χ0v) is 9.93. The number of aliphatic hydroxyl groups excluding tert-OH is 1. The molecule has 0 amide bonds. The molecule has 1 fully saturated rings. The Hall–Kier alpha value is -1.16. The average Bonchev–Trinajstić information content (AvgIpc) is 2.78. The lowest BCUT2D eigenvalue weighted by molar-refractivity contribution is 0.276. The van der Waals surface area contributed by atoms with Crippen molar-refractivity contribution in [2.24, 2.45) is 11.8 Å². The first kappa shape index (κ1) is 11.3. The summed E-state index contributed by atoms with van der Waals surface area (Å²) in [5.74, 6) is 2.37. The molecule has 88 valence electrons. The van der Waals surface area contributed by atoms with Crippen molar-refractivity contribution in [1.82, 2.24) is 9.97 Å². The van der Waals surface area contributed by atoms with Crippen molar-refractivity contribution in [3.63, 3.8) is 0 Å². The molecule has 4 heteroatoms. The van der Waals surface area contributed by atoms with Crippen molar-refractivity contribution in [2.45, 2.75) is 26.9 Å². The van der Waals surface area contributed by atoms with Crippen molar-refractivity contribution in [1.29, 1.82) is 0 Å². The molecule has 0 bridgehead atoms. The van der Waals surface area contributed by atoms with E-state index in [2.05, 4.69) is 28.7 Å². The molecule has 1 aliphatic heterocycles. The van der Waals surface area contributed by atoms with Gasteiger partial charge in [-0.3, -0.25) is 4.98 Å². The van der Waals surface area contributed by atoms with Crippen LogP contribution < -0.4 is 4.90 Å². The second-order valence-corrected chi connectivity index (χ2v) is 4.77. The van der Waals surface area contributed by atoms with E-state index in [9.17, 15) is 0 Å². The van der Waals surface area contributed by atoms with Gasteiger partial charge in [-0.25, -0.2) is 4.98 Å². The number of anilines is 1. The maximum absolute atomic E-state index is 9.02. The lowest BCUT2D eigenvalue weighted by atomic mass is 9.95. The Morgan fingerprint density at radius 1 is 1.50 bits per heavy atom. The Labute approximate surface area is 96.3 Å². The van der Waals surface area contributed by atoms with E-state index in [4.69, 9.17) is 5.11 Å². The standard InChI is InChI=1S/C12H19N3O/c1-9(2)10-3-4-15(7-10)12-6-13-5-11(8-16)14-12/h5-6,9-10,16H,3-4,7-8H2,1-2H3. The topological polar surface area (TPSA) is 49.2 Å². The van der Waals surface area contributed by atoms with Gasteiger partial charge in [-0.1, -0.05) is 13.8 Å². The van der Waals surface area contributed by atoms with E-state index >= 15 is 0 Å². The zero-order chi connectivity index (χ0) is 11.5. The molecule has 0 aromatic carbocycles. The summed E-state index contributed by atoms with van der Waals surface area (Å²) in [7, 11) is 0. The van der Waals surface area contributed by atoms with Crippen LogP contribution in [0.4, 0.5) is 5.82 Å². The van der Waals surface area contributed by atoms with Crippen LogP contribution in [-0.2, 0) is 6.61 Å². The summed E-state index contributed by atoms with van der Waals surface area (Å²) >= 11 is 0. The maximum atomic E-state index is 9.02. The summed E-state index contributed by atoms with van der Waals surface area (Å²) in [5, 5.41) is 9.02. The molecule has 0 aliphatic carbocycles. The Morgan fingerprint density at radius 3 is 2.94 bits per heavy atom. The third-order valence-corrected chi connectivity index (χ3v) is 3.33. The summed E-state index contributed by atoms with van der Waals surface area (Å²) in [5.41, 5.74) is 0.644. The fourth-order valence-electron chi connectivity index (χ4n) is 2.16. The monoisotopic (exact) mass is 221 g/mol. The van der Waals surface area contributed by atoms with Gasteiger partial charge in [-0.05, 0) is 18.3 Å². The minimum Gasteiger partial charge on any atom is -0.390 e. The number of nitrogens with zero attached hydrogens (tertiary/aromatic N) is 3. The van der Waals surface area contributed by atoms with Gasteiger partial charge in [-0.2, -0.15) is 0 Å². The van der Waals surface area contributed by atoms with Crippen LogP contribution in [0.1, 0.15) is 26.0 Å². The van der Waals surface area contributed by atoms with Gasteiger partial charge in [0.2, 0.25) is 0 Å². The summed E-state index contributed by atoms with van der Waals surface area (Å²) in [6.07, 6.45) is 4.62. The summed E-state index contributed by atoms with van der Waals surface area (Å²) in [6.45, 7) is 6.60. The molecule has 2 rings (SSSR count). The van der Waals surface area contributed by atoms with Crippen LogP contribution in [-0.4, -0.2) is 28.2 Å². The van der Waals surface area contributed by atoms with Gasteiger partial charge in [0.05, 0.1) is 24.7 Å². The maximum Gasteiger partial charge on any atom is 0.147 e. The van der Waals surface area contributed by atoms with Crippen LogP contribution in [0.15, 0.2) is 12.4 Å². The number of hydrogen-bond donors (Lipinski definition) is 1. The van der Waals surface area contributed by atoms with Crippen LogP contribution in [0.25, 0.3) is 0 Å². The lowest BCUT2D eigenvalue weighted by Crippen LogP contribution is -2.22. The number of aliphatic hydroxyl groups is 1. The van der Waals surface area contributed by atoms with Crippen molar-refractivity contribution < 1.29 is 5.11 Å². The van der Waals surface area contributed by atoms with Crippen LogP contribution in [0.3, 0.4) is 0 Å². The van der Waals surface area contributed by atoms with Crippen molar-refractivity contribution in [3.8, 4) is 0 Å². The van der Waals surface area contributed by atoms with Gasteiger partial charge in [0.1, 0.15) is 5.82 Å². The SMILES string of the molecule is CC(C)C1CCN(c2cncc(CO)n2)C1. The highest BCUT2D eigenvalue weighted by molar-refractivity contribution is 5.37. The third-order valence-electron chi connectivity index (χ3n) is 3.33. The normalized spacial score (nSPS) is 20.8. The molecule has 1 N–H and O–H groups in total. The fourth-order valence-corrected chi connectivity index (χ4v) is 2.16. The van der Waals surface area contributed by atoms with E-state index in [0.29, 0.717) is 5.69 Å². The summed E-state index contributed by atoms with van der Waals surface area (Å²) < 4.78 is 0. The molecule has 1 aromatic rings. The molecule has 16 heavy (non-hydrogen) atoms. The molecule has 4 nitrogen and oxygen atoms in total. The van der Waals surface area contributed by atoms with Gasteiger partial charge in [-0.15, -0.1) is 0 Å². The van der Waals surface area contributed by atoms with Gasteiger partial charge in [0.25, 0.3) is 0 Å². The minimum absolute atomic E-state index is 0.0394. The molecule has 1 aliphatic rings. The number of aromatic nitrogens is 2. The highest BCUT2D eigenvalue weighted by Gasteiger charge is 2.25. The number of rotatable bonds is 3. The molecule has 1 unspecified atom stereocenters. The van der Waals surface area contributed by atoms with Gasteiger partial charge in [0.15, 0.2) is 0 Å². The molecule has 0 spiro atoms. The Bertz CT molecular complexity index is 354. The van der Waals surface area contributed by atoms with E-state index in [1.165, 1.54) is 6.42 Å². The Kier molecular flexibility index (Phi) is 3.39. The van der Waals surface area contributed by atoms with E-state index < -0.39 is 0 Å². The first-order valence-electron chi connectivity index (χ1n) is 5.87. The van der Waals surface area contributed by atoms with Crippen molar-refractivity contribution >= 4 is 5.82 Å². The van der Waals surface area contributed by atoms with E-state index in [0.717, 1.165) is 30.7 Å². The molecule has 1 aromatic heterocycles. The smallest absolute Gasteiger partial charge is 0.147 e. The molecule has 2 heterocycles. The van der Waals surface area contributed by atoms with Gasteiger partial charge < -0.3 is 10.0 Å². The summed E-state index contributed by atoms with van der Waals surface area (Å²) in [4.78, 5) is 10.7. The second-order valence-electron chi connectivity index (χ2n) is 4.77. The largest absolute Gasteiger partial charge is 0.390 e. The molecular formula is C12H19N3O. The van der Waals surface area contributed by atoms with Crippen LogP contribution in [0.5, 0.6) is 0 Å². The van der Waals surface area contributed by atoms with E-state index in [-0.39, 0.29) is 6.61 Å². The predicted octanol–water partition coefficient (Wildman–Crippen LogP) is 1.45. The Morgan fingerprint density at radius 2 is 2.31 bits per heavy atom. The highest BCUT2D eigenvalue weighted by atomic mass is 16.3. The van der Waals surface area contributed by atoms with Gasteiger partial charge >= 0.3 is 0 Å². The summed E-state index contributed by atoms with van der Waals surface area (Å²) in [6, 6.07) is 0. The third kappa shape index (κ3) is 2.32. The predicted molar refractivity (Wildman–Crippen MR) is 63.1 cm³/mol. The van der Waals surface area contributed by atoms with Crippen molar-refractivity contribution in [2.75, 3.05) is 18.0 Å². The van der Waals surface area contributed by atoms with E-state index in [1.54, 1.807) is 12.4 Å². The first-order valence-corrected chi connectivity index (χ1v) is 5.87. The highest BCUT2D eigenvalue weighted by Crippen LogP contribution is 2.26. The molecule has 0 saturated carbocycles. The first-order chi connectivity index (χ1) is 7.70. The zero-order valence-electron chi connectivity index (χ0n) is 9.93. The van der Waals surface area contributed by atoms with Crippen LogP contribution in [0, 0.1) is 11.8 Å². The van der Waals surface area contributed by atoms with Crippen LogP contribution >= 0.6 is 0 Å². The van der Waals surface area contributed by atoms with Gasteiger partial charge in [0, 0.05) is 13.1 Å². The molecule has 0 radical (unpaired) electrons. The second kappa shape index (κ2) is 4.78. The fraction of sp³-hybridized carbons (Fsp3) is 0.667. The molecule has 1 atom stereocenters. The van der Waals surface area contributed by atoms with Crippen LogP contribution in [0.2, 0.25) is 0 Å². The molecule has 1 saturated heterocycles. The lowest BCUT2D eigenvalue weighted by Gasteiger charge is -2.18. The Balaban J connectivity index is 2.08. The minimum atomic E-state index is -0.0394.